The van der Waals surface area contributed by atoms with E-state index in [-0.39, 0.29) is 13.2 Å². The summed E-state index contributed by atoms with van der Waals surface area (Å²) in [5.41, 5.74) is -3.14. The summed E-state index contributed by atoms with van der Waals surface area (Å²) >= 11 is 5.52. The molecule has 0 bridgehead atoms. The second kappa shape index (κ2) is 13.6. The molecule has 2 aromatic heterocycles. The van der Waals surface area contributed by atoms with E-state index in [1.54, 1.807) is 0 Å². The van der Waals surface area contributed by atoms with Crippen LogP contribution in [0.2, 0.25) is 0 Å². The first-order valence-electron chi connectivity index (χ1n) is 12.3. The zero-order valence-electron chi connectivity index (χ0n) is 21.8. The van der Waals surface area contributed by atoms with Gasteiger partial charge in [-0.15, -0.1) is 0 Å². The number of H-pyrrole nitrogens is 2. The van der Waals surface area contributed by atoms with Crippen LogP contribution >= 0.6 is 6.72 Å². The van der Waals surface area contributed by atoms with Crippen LogP contribution in [0.5, 0.6) is 0 Å². The van der Waals surface area contributed by atoms with Gasteiger partial charge in [0.2, 0.25) is 6.54 Å². The first-order chi connectivity index (χ1) is 20.0. The Labute approximate surface area is 240 Å². The third-order valence-corrected chi connectivity index (χ3v) is 8.74. The summed E-state index contributed by atoms with van der Waals surface area (Å²) in [5.74, 6) is 0. The highest BCUT2D eigenvalue weighted by Gasteiger charge is 2.51. The fourth-order valence-electron chi connectivity index (χ4n) is 4.39. The smallest absolute Gasteiger partial charge is 0.330 e. The van der Waals surface area contributed by atoms with Crippen LogP contribution < -0.4 is 22.5 Å². The van der Waals surface area contributed by atoms with Crippen LogP contribution in [0.25, 0.3) is 4.85 Å². The zero-order chi connectivity index (χ0) is 30.6. The van der Waals surface area contributed by atoms with E-state index >= 15 is 0 Å². The van der Waals surface area contributed by atoms with Gasteiger partial charge in [0.1, 0.15) is 37.1 Å². The van der Waals surface area contributed by atoms with Crippen LogP contribution in [0.1, 0.15) is 12.5 Å². The topological polar surface area (TPSA) is 210 Å². The third kappa shape index (κ3) is 6.84. The lowest BCUT2D eigenvalue weighted by molar-refractivity contribution is -0.0625. The van der Waals surface area contributed by atoms with Crippen LogP contribution in [0.4, 0.5) is 4.39 Å². The van der Waals surface area contributed by atoms with Crippen molar-refractivity contribution in [2.45, 2.75) is 49.1 Å². The Hall–Kier alpha value is -2.89. The molecule has 2 aromatic rings. The van der Waals surface area contributed by atoms with Gasteiger partial charge in [0, 0.05) is 31.6 Å². The van der Waals surface area contributed by atoms with Crippen molar-refractivity contribution in [2.75, 3.05) is 33.5 Å². The molecule has 2 aliphatic rings. The number of halogens is 1. The highest BCUT2D eigenvalue weighted by atomic mass is 32.5. The van der Waals surface area contributed by atoms with Crippen molar-refractivity contribution in [3.63, 3.8) is 0 Å². The Morgan fingerprint density at radius 2 is 1.64 bits per heavy atom. The van der Waals surface area contributed by atoms with Crippen molar-refractivity contribution in [3.8, 4) is 0 Å². The lowest BCUT2D eigenvalue weighted by atomic mass is 10.1. The molecule has 4 rings (SSSR count). The monoisotopic (exact) mass is 635 g/mol. The van der Waals surface area contributed by atoms with Crippen LogP contribution in [0, 0.1) is 6.57 Å². The lowest BCUT2D eigenvalue weighted by Crippen LogP contribution is -2.40. The average molecular weight is 636 g/mol. The summed E-state index contributed by atoms with van der Waals surface area (Å²) in [6.45, 7) is 1.51. The van der Waals surface area contributed by atoms with Crippen LogP contribution in [0.3, 0.4) is 0 Å². The average Bonchev–Trinajstić information content (AvgIpc) is 3.43. The fraction of sp³-hybridized carbons (Fsp3) is 0.591. The Morgan fingerprint density at radius 3 is 2.19 bits per heavy atom. The molecule has 230 valence electrons. The number of alkyl halides is 1. The van der Waals surface area contributed by atoms with E-state index in [0.717, 1.165) is 27.5 Å². The maximum Gasteiger partial charge on any atom is 0.330 e. The summed E-state index contributed by atoms with van der Waals surface area (Å²) in [6, 6.07) is 2.06. The van der Waals surface area contributed by atoms with E-state index in [4.69, 9.17) is 46.2 Å². The Balaban J connectivity index is 1.54. The van der Waals surface area contributed by atoms with E-state index < -0.39 is 91.6 Å². The number of aromatic amines is 2. The first kappa shape index (κ1) is 32.0. The molecule has 3 unspecified atom stereocenters. The predicted octanol–water partition coefficient (Wildman–Crippen LogP) is -1.85. The van der Waals surface area contributed by atoms with E-state index in [2.05, 4.69) is 9.83 Å². The van der Waals surface area contributed by atoms with Crippen molar-refractivity contribution in [1.82, 2.24) is 19.1 Å². The molecule has 20 heteroatoms. The molecule has 17 nitrogen and oxygen atoms in total. The van der Waals surface area contributed by atoms with E-state index in [9.17, 15) is 33.8 Å². The molecule has 0 saturated carbocycles. The molecule has 0 amide bonds. The van der Waals surface area contributed by atoms with Gasteiger partial charge in [0.15, 0.2) is 18.6 Å². The summed E-state index contributed by atoms with van der Waals surface area (Å²) < 4.78 is 50.8. The van der Waals surface area contributed by atoms with Gasteiger partial charge >= 0.3 is 18.1 Å². The molecule has 2 fully saturated rings. The quantitative estimate of drug-likeness (QED) is 0.115. The molecule has 0 spiro atoms. The minimum atomic E-state index is -3.90. The van der Waals surface area contributed by atoms with Gasteiger partial charge in [0.05, 0.1) is 13.2 Å². The highest BCUT2D eigenvalue weighted by Crippen LogP contribution is 2.54. The molecular formula is C22H27FN5O12PS. The molecule has 42 heavy (non-hydrogen) atoms. The fourth-order valence-corrected chi connectivity index (χ4v) is 6.48. The number of aromatic nitrogens is 4. The number of rotatable bonds is 12. The predicted molar refractivity (Wildman–Crippen MR) is 142 cm³/mol. The maximum atomic E-state index is 14.9. The van der Waals surface area contributed by atoms with E-state index in [1.807, 2.05) is 4.98 Å². The van der Waals surface area contributed by atoms with E-state index in [1.165, 1.54) is 13.3 Å². The molecule has 9 atom stereocenters. The number of methoxy groups -OCH3 is 1. The van der Waals surface area contributed by atoms with Gasteiger partial charge in [0.25, 0.3) is 11.1 Å². The van der Waals surface area contributed by atoms with Crippen molar-refractivity contribution < 1.29 is 42.4 Å². The molecule has 0 aromatic carbocycles. The van der Waals surface area contributed by atoms with Crippen LogP contribution in [-0.2, 0) is 39.6 Å². The normalized spacial score (nSPS) is 30.6. The summed E-state index contributed by atoms with van der Waals surface area (Å²) in [5, 5.41) is 20.4. The Bertz CT molecular complexity index is 1570. The number of hydrogen-bond donors (Lipinski definition) is 4. The number of aliphatic hydroxyl groups is 2. The zero-order valence-corrected chi connectivity index (χ0v) is 23.5. The van der Waals surface area contributed by atoms with E-state index in [0.29, 0.717) is 0 Å². The number of aliphatic hydroxyl groups excluding tert-OH is 2. The molecule has 0 aliphatic carbocycles. The van der Waals surface area contributed by atoms with Crippen molar-refractivity contribution in [3.05, 3.63) is 77.6 Å². The SMILES string of the molecule is [C-]#[N+]CCOP(=S)(OC[C@H]1O[C@@H](n2ccc(=O)[nH]c2=O)[C@@H](F)C1O)OC1[C@@H](CO)O[C@@H](n2ccc(=O)[nH]c2=O)[C@H]1OC. The Morgan fingerprint density at radius 1 is 1.05 bits per heavy atom. The van der Waals surface area contributed by atoms with Crippen molar-refractivity contribution in [2.24, 2.45) is 0 Å². The van der Waals surface area contributed by atoms with Crippen molar-refractivity contribution >= 4 is 18.5 Å². The van der Waals surface area contributed by atoms with Gasteiger partial charge in [-0.1, -0.05) is 0 Å². The van der Waals surface area contributed by atoms with Gasteiger partial charge in [-0.3, -0.25) is 33.2 Å². The van der Waals surface area contributed by atoms with Gasteiger partial charge in [-0.05, 0) is 11.8 Å². The van der Waals surface area contributed by atoms with Crippen molar-refractivity contribution in [1.29, 1.82) is 0 Å². The summed E-state index contributed by atoms with van der Waals surface area (Å²) in [7, 11) is 1.28. The van der Waals surface area contributed by atoms with Crippen LogP contribution in [0.15, 0.2) is 43.7 Å². The molecule has 0 radical (unpaired) electrons. The summed E-state index contributed by atoms with van der Waals surface area (Å²) in [6.07, 6.45) is -9.30. The largest absolute Gasteiger partial charge is 0.394 e. The molecular weight excluding hydrogens is 608 g/mol. The third-order valence-electron chi connectivity index (χ3n) is 6.38. The Kier molecular flexibility index (Phi) is 10.4. The first-order valence-corrected chi connectivity index (χ1v) is 14.9. The number of nitrogens with one attached hydrogen (secondary N) is 2. The standard InChI is InChI=1S/C22H27FN5O12PS/c1-24-5-8-36-41(42,37-10-12-16(32)15(23)19(39-12)27-6-3-13(30)25-21(27)33)40-17-11(9-29)38-20(18(17)35-2)28-7-4-14(31)26-22(28)34/h3-4,6-7,11-12,15-20,29,32H,5,8-10H2,2H3,(H,25,30,33)(H,26,31,34)/t11-,12-,15+,16?,17?,18+,19-,20-,41?/m1/s1. The van der Waals surface area contributed by atoms with Gasteiger partial charge < -0.3 is 38.3 Å². The molecule has 2 aliphatic heterocycles. The second-order valence-corrected chi connectivity index (χ2v) is 12.0. The maximum absolute atomic E-state index is 14.9. The minimum absolute atomic E-state index is 0.134. The number of nitrogens with zero attached hydrogens (tertiary/aromatic N) is 3. The minimum Gasteiger partial charge on any atom is -0.394 e. The van der Waals surface area contributed by atoms with Gasteiger partial charge in [-0.25, -0.2) is 20.6 Å². The second-order valence-electron chi connectivity index (χ2n) is 9.01. The lowest BCUT2D eigenvalue weighted by Gasteiger charge is -2.30. The number of hydrogen-bond acceptors (Lipinski definition) is 13. The molecule has 2 saturated heterocycles. The molecule has 4 N–H and O–H groups in total. The summed E-state index contributed by atoms with van der Waals surface area (Å²) in [4.78, 5) is 54.6. The number of ether oxygens (including phenoxy) is 3. The van der Waals surface area contributed by atoms with Crippen LogP contribution in [-0.4, -0.2) is 99.5 Å². The molecule has 4 heterocycles. The van der Waals surface area contributed by atoms with Gasteiger partial charge in [-0.2, -0.15) is 0 Å². The highest BCUT2D eigenvalue weighted by molar-refractivity contribution is 8.07.